The second-order valence-corrected chi connectivity index (χ2v) is 4.69. The van der Waals surface area contributed by atoms with Crippen LogP contribution in [0.1, 0.15) is 40.4 Å². The van der Waals surface area contributed by atoms with Crippen molar-refractivity contribution in [1.29, 1.82) is 0 Å². The van der Waals surface area contributed by atoms with Gasteiger partial charge in [-0.2, -0.15) is 0 Å². The van der Waals surface area contributed by atoms with E-state index in [1.54, 1.807) is 18.2 Å². The normalized spacial score (nSPS) is 12.2. The highest BCUT2D eigenvalue weighted by molar-refractivity contribution is 5.86. The minimum atomic E-state index is -0.535. The fraction of sp³-hybridized carbons (Fsp3) is 0.312. The summed E-state index contributed by atoms with van der Waals surface area (Å²) in [6.45, 7) is 4.53. The molecule has 0 aliphatic heterocycles. The monoisotopic (exact) mass is 291 g/mol. The third-order valence-electron chi connectivity index (χ3n) is 3.26. The molecule has 4 nitrogen and oxygen atoms in total. The number of esters is 1. The van der Waals surface area contributed by atoms with E-state index in [-0.39, 0.29) is 17.6 Å². The third-order valence-corrected chi connectivity index (χ3v) is 3.26. The van der Waals surface area contributed by atoms with Gasteiger partial charge in [-0.05, 0) is 48.9 Å². The Balaban J connectivity index is 2.41. The van der Waals surface area contributed by atoms with Crippen molar-refractivity contribution in [3.05, 3.63) is 58.8 Å². The van der Waals surface area contributed by atoms with Crippen LogP contribution in [0.5, 0.6) is 0 Å². The van der Waals surface area contributed by atoms with Gasteiger partial charge in [-0.1, -0.05) is 13.0 Å². The summed E-state index contributed by atoms with van der Waals surface area (Å²) >= 11 is 0. The summed E-state index contributed by atoms with van der Waals surface area (Å²) in [4.78, 5) is 11.5. The Morgan fingerprint density at radius 2 is 2.14 bits per heavy atom. The van der Waals surface area contributed by atoms with Crippen molar-refractivity contribution in [3.63, 3.8) is 0 Å². The summed E-state index contributed by atoms with van der Waals surface area (Å²) in [7, 11) is 1.29. The van der Waals surface area contributed by atoms with E-state index in [0.29, 0.717) is 12.3 Å². The van der Waals surface area contributed by atoms with Crippen LogP contribution in [0.3, 0.4) is 0 Å². The van der Waals surface area contributed by atoms with Crippen molar-refractivity contribution in [2.24, 2.45) is 0 Å². The van der Waals surface area contributed by atoms with Crippen LogP contribution in [0.4, 0.5) is 4.39 Å². The first-order chi connectivity index (χ1) is 10.1. The summed E-state index contributed by atoms with van der Waals surface area (Å²) in [6, 6.07) is 7.56. The van der Waals surface area contributed by atoms with Crippen LogP contribution in [0, 0.1) is 12.7 Å². The predicted molar refractivity (Wildman–Crippen MR) is 76.7 cm³/mol. The van der Waals surface area contributed by atoms with E-state index in [4.69, 9.17) is 4.42 Å². The minimum absolute atomic E-state index is 0.129. The molecule has 1 atom stereocenters. The lowest BCUT2D eigenvalue weighted by atomic mass is 9.99. The molecule has 1 heterocycles. The van der Waals surface area contributed by atoms with Gasteiger partial charge in [0.1, 0.15) is 11.6 Å². The summed E-state index contributed by atoms with van der Waals surface area (Å²) in [5, 5.41) is 3.24. The van der Waals surface area contributed by atoms with E-state index in [1.807, 2.05) is 13.8 Å². The first-order valence-corrected chi connectivity index (χ1v) is 6.74. The van der Waals surface area contributed by atoms with Crippen LogP contribution in [0.25, 0.3) is 0 Å². The van der Waals surface area contributed by atoms with Gasteiger partial charge in [-0.3, -0.25) is 0 Å². The Hall–Kier alpha value is -2.14. The van der Waals surface area contributed by atoms with Crippen molar-refractivity contribution in [1.82, 2.24) is 5.32 Å². The average molecular weight is 291 g/mol. The summed E-state index contributed by atoms with van der Waals surface area (Å²) in [5.41, 5.74) is 1.72. The lowest BCUT2D eigenvalue weighted by molar-refractivity contribution is 0.0562. The fourth-order valence-electron chi connectivity index (χ4n) is 2.21. The number of methoxy groups -OCH3 is 1. The SMILES string of the molecule is CCNC(c1ccc(C(=O)OC)o1)c1cc(F)ccc1C. The Labute approximate surface area is 122 Å². The van der Waals surface area contributed by atoms with Gasteiger partial charge in [0.2, 0.25) is 5.76 Å². The fourth-order valence-corrected chi connectivity index (χ4v) is 2.21. The van der Waals surface area contributed by atoms with Crippen LogP contribution in [0.2, 0.25) is 0 Å². The molecule has 1 unspecified atom stereocenters. The molecule has 2 rings (SSSR count). The number of carbonyl (C=O) groups is 1. The van der Waals surface area contributed by atoms with Crippen LogP contribution < -0.4 is 5.32 Å². The molecule has 1 aromatic carbocycles. The maximum absolute atomic E-state index is 13.5. The van der Waals surface area contributed by atoms with E-state index >= 15 is 0 Å². The number of furan rings is 1. The molecule has 0 aliphatic rings. The lowest BCUT2D eigenvalue weighted by Crippen LogP contribution is -2.22. The van der Waals surface area contributed by atoms with Crippen molar-refractivity contribution >= 4 is 5.97 Å². The number of rotatable bonds is 5. The van der Waals surface area contributed by atoms with Gasteiger partial charge in [-0.25, -0.2) is 9.18 Å². The zero-order valence-corrected chi connectivity index (χ0v) is 12.3. The third kappa shape index (κ3) is 3.31. The maximum atomic E-state index is 13.5. The zero-order valence-electron chi connectivity index (χ0n) is 12.3. The predicted octanol–water partition coefficient (Wildman–Crippen LogP) is 3.21. The Bertz CT molecular complexity index is 636. The van der Waals surface area contributed by atoms with Gasteiger partial charge in [0.05, 0.1) is 13.2 Å². The van der Waals surface area contributed by atoms with E-state index in [0.717, 1.165) is 11.1 Å². The van der Waals surface area contributed by atoms with Crippen LogP contribution >= 0.6 is 0 Å². The van der Waals surface area contributed by atoms with Crippen LogP contribution in [-0.2, 0) is 4.74 Å². The second-order valence-electron chi connectivity index (χ2n) is 4.69. The van der Waals surface area contributed by atoms with Gasteiger partial charge in [0.25, 0.3) is 0 Å². The van der Waals surface area contributed by atoms with Gasteiger partial charge < -0.3 is 14.5 Å². The molecule has 0 saturated carbocycles. The molecule has 0 fully saturated rings. The van der Waals surface area contributed by atoms with Gasteiger partial charge in [0.15, 0.2) is 0 Å². The lowest BCUT2D eigenvalue weighted by Gasteiger charge is -2.18. The number of ether oxygens (including phenoxy) is 1. The summed E-state index contributed by atoms with van der Waals surface area (Å²) in [6.07, 6.45) is 0. The van der Waals surface area contributed by atoms with Gasteiger partial charge >= 0.3 is 5.97 Å². The van der Waals surface area contributed by atoms with Gasteiger partial charge in [0, 0.05) is 0 Å². The maximum Gasteiger partial charge on any atom is 0.373 e. The standard InChI is InChI=1S/C16H18FNO3/c1-4-18-15(12-9-11(17)6-5-10(12)2)13-7-8-14(21-13)16(19)20-3/h5-9,15,18H,4H2,1-3H3. The quantitative estimate of drug-likeness (QED) is 0.859. The highest BCUT2D eigenvalue weighted by Crippen LogP contribution is 2.27. The highest BCUT2D eigenvalue weighted by atomic mass is 19.1. The summed E-state index contributed by atoms with van der Waals surface area (Å²) < 4.78 is 23.7. The smallest absolute Gasteiger partial charge is 0.373 e. The molecule has 1 aromatic heterocycles. The molecule has 2 aromatic rings. The Kier molecular flexibility index (Phi) is 4.75. The number of benzene rings is 1. The Morgan fingerprint density at radius 1 is 1.38 bits per heavy atom. The van der Waals surface area contributed by atoms with Crippen LogP contribution in [-0.4, -0.2) is 19.6 Å². The average Bonchev–Trinajstić information content (AvgIpc) is 2.96. The first kappa shape index (κ1) is 15.3. The molecule has 0 amide bonds. The molecule has 5 heteroatoms. The number of carbonyl (C=O) groups excluding carboxylic acids is 1. The minimum Gasteiger partial charge on any atom is -0.463 e. The van der Waals surface area contributed by atoms with E-state index in [9.17, 15) is 9.18 Å². The van der Waals surface area contributed by atoms with Crippen molar-refractivity contribution in [2.45, 2.75) is 19.9 Å². The second kappa shape index (κ2) is 6.54. The molecular formula is C16H18FNO3. The summed E-state index contributed by atoms with van der Waals surface area (Å²) in [5.74, 6) is -0.166. The number of aryl methyl sites for hydroxylation is 1. The molecule has 0 aliphatic carbocycles. The van der Waals surface area contributed by atoms with Crippen molar-refractivity contribution < 1.29 is 18.3 Å². The molecule has 112 valence electrons. The molecule has 21 heavy (non-hydrogen) atoms. The molecule has 0 bridgehead atoms. The van der Waals surface area contributed by atoms with E-state index < -0.39 is 5.97 Å². The van der Waals surface area contributed by atoms with E-state index in [2.05, 4.69) is 10.1 Å². The van der Waals surface area contributed by atoms with Gasteiger partial charge in [-0.15, -0.1) is 0 Å². The molecular weight excluding hydrogens is 273 g/mol. The molecule has 0 spiro atoms. The number of hydrogen-bond donors (Lipinski definition) is 1. The number of nitrogens with one attached hydrogen (secondary N) is 1. The number of hydrogen-bond acceptors (Lipinski definition) is 4. The molecule has 1 N–H and O–H groups in total. The largest absolute Gasteiger partial charge is 0.463 e. The first-order valence-electron chi connectivity index (χ1n) is 6.74. The van der Waals surface area contributed by atoms with Crippen LogP contribution in [0.15, 0.2) is 34.7 Å². The van der Waals surface area contributed by atoms with E-state index in [1.165, 1.54) is 19.2 Å². The number of halogens is 1. The highest BCUT2D eigenvalue weighted by Gasteiger charge is 2.21. The topological polar surface area (TPSA) is 51.5 Å². The van der Waals surface area contributed by atoms with Crippen molar-refractivity contribution in [3.8, 4) is 0 Å². The molecule has 0 saturated heterocycles. The van der Waals surface area contributed by atoms with Crippen molar-refractivity contribution in [2.75, 3.05) is 13.7 Å². The Morgan fingerprint density at radius 3 is 2.81 bits per heavy atom. The molecule has 0 radical (unpaired) electrons. The zero-order chi connectivity index (χ0) is 15.4.